The highest BCUT2D eigenvalue weighted by atomic mass is 15.2. The maximum Gasteiger partial charge on any atom is 0.0102 e. The Morgan fingerprint density at radius 3 is 2.25 bits per heavy atom. The van der Waals surface area contributed by atoms with Gasteiger partial charge in [-0.05, 0) is 112 Å². The van der Waals surface area contributed by atoms with Crippen molar-refractivity contribution >= 4 is 0 Å². The predicted octanol–water partition coefficient (Wildman–Crippen LogP) is 4.24. The van der Waals surface area contributed by atoms with Crippen LogP contribution in [-0.2, 0) is 0 Å². The molecule has 0 aromatic heterocycles. The minimum absolute atomic E-state index is 0.684. The van der Waals surface area contributed by atoms with Gasteiger partial charge in [0.2, 0.25) is 0 Å². The predicted molar refractivity (Wildman–Crippen MR) is 102 cm³/mol. The molecule has 132 valence electrons. The molecule has 1 aliphatic carbocycles. The molecule has 2 aliphatic heterocycles. The molecule has 0 unspecified atom stereocenters. The number of piperidine rings is 1. The topological polar surface area (TPSA) is 15.3 Å². The first-order chi connectivity index (χ1) is 11.5. The van der Waals surface area contributed by atoms with E-state index in [2.05, 4.69) is 44.0 Å². The lowest BCUT2D eigenvalue weighted by molar-refractivity contribution is 0.120. The van der Waals surface area contributed by atoms with Crippen LogP contribution in [0.25, 0.3) is 0 Å². The summed E-state index contributed by atoms with van der Waals surface area (Å²) in [6, 6.07) is 3.36. The van der Waals surface area contributed by atoms with Crippen LogP contribution in [0.15, 0.2) is 6.07 Å². The molecule has 0 radical (unpaired) electrons. The van der Waals surface area contributed by atoms with E-state index < -0.39 is 0 Å². The summed E-state index contributed by atoms with van der Waals surface area (Å²) >= 11 is 0. The molecule has 3 fully saturated rings. The summed E-state index contributed by atoms with van der Waals surface area (Å²) in [5.74, 6) is 0.778. The van der Waals surface area contributed by atoms with Crippen LogP contribution in [0.2, 0.25) is 0 Å². The van der Waals surface area contributed by atoms with Crippen LogP contribution in [0.3, 0.4) is 0 Å². The second-order valence-corrected chi connectivity index (χ2v) is 8.97. The molecule has 2 nitrogen and oxygen atoms in total. The summed E-state index contributed by atoms with van der Waals surface area (Å²) in [5, 5.41) is 3.50. The zero-order chi connectivity index (χ0) is 16.9. The van der Waals surface area contributed by atoms with Gasteiger partial charge in [-0.2, -0.15) is 0 Å². The van der Waals surface area contributed by atoms with Gasteiger partial charge in [-0.3, -0.25) is 0 Å². The van der Waals surface area contributed by atoms with Crippen LogP contribution in [0.4, 0.5) is 0 Å². The summed E-state index contributed by atoms with van der Waals surface area (Å²) < 4.78 is 0. The van der Waals surface area contributed by atoms with E-state index in [9.17, 15) is 0 Å². The van der Waals surface area contributed by atoms with Crippen molar-refractivity contribution in [1.82, 2.24) is 10.2 Å². The van der Waals surface area contributed by atoms with Gasteiger partial charge in [0, 0.05) is 19.1 Å². The summed E-state index contributed by atoms with van der Waals surface area (Å²) in [6.07, 6.45) is 7.05. The van der Waals surface area contributed by atoms with E-state index >= 15 is 0 Å². The van der Waals surface area contributed by atoms with E-state index in [4.69, 9.17) is 0 Å². The van der Waals surface area contributed by atoms with Gasteiger partial charge in [-0.1, -0.05) is 6.07 Å². The Hall–Kier alpha value is -0.860. The molecule has 0 amide bonds. The Morgan fingerprint density at radius 1 is 0.958 bits per heavy atom. The Bertz CT molecular complexity index is 621. The van der Waals surface area contributed by atoms with Gasteiger partial charge in [0.25, 0.3) is 0 Å². The fourth-order valence-corrected chi connectivity index (χ4v) is 5.53. The molecule has 2 saturated heterocycles. The van der Waals surface area contributed by atoms with Crippen LogP contribution in [0.5, 0.6) is 0 Å². The van der Waals surface area contributed by atoms with Crippen LogP contribution in [0, 0.1) is 33.1 Å². The molecule has 1 aromatic carbocycles. The minimum Gasteiger partial charge on any atom is -0.316 e. The second-order valence-electron chi connectivity index (χ2n) is 8.97. The van der Waals surface area contributed by atoms with E-state index in [0.29, 0.717) is 5.41 Å². The van der Waals surface area contributed by atoms with E-state index in [0.717, 1.165) is 12.0 Å². The van der Waals surface area contributed by atoms with Gasteiger partial charge >= 0.3 is 0 Å². The quantitative estimate of drug-likeness (QED) is 0.874. The Labute approximate surface area is 148 Å². The molecule has 1 saturated carbocycles. The van der Waals surface area contributed by atoms with Crippen molar-refractivity contribution in [3.05, 3.63) is 33.9 Å². The second kappa shape index (κ2) is 6.14. The Balaban J connectivity index is 1.42. The lowest BCUT2D eigenvalue weighted by Gasteiger charge is -2.41. The van der Waals surface area contributed by atoms with Crippen molar-refractivity contribution in [2.45, 2.75) is 71.8 Å². The van der Waals surface area contributed by atoms with Crippen molar-refractivity contribution in [2.24, 2.45) is 5.41 Å². The van der Waals surface area contributed by atoms with Gasteiger partial charge < -0.3 is 10.2 Å². The van der Waals surface area contributed by atoms with Crippen molar-refractivity contribution in [3.63, 3.8) is 0 Å². The van der Waals surface area contributed by atoms with Gasteiger partial charge in [-0.25, -0.2) is 0 Å². The summed E-state index contributed by atoms with van der Waals surface area (Å²) in [7, 11) is 0. The SMILES string of the molecule is Cc1cc(C2CCN([C@@H]3CCC4(CNC4)C3)CC2)c(C)c(C)c1C. The number of benzene rings is 1. The van der Waals surface area contributed by atoms with E-state index in [1.54, 1.807) is 11.1 Å². The monoisotopic (exact) mass is 326 g/mol. The Kier molecular flexibility index (Phi) is 4.25. The fraction of sp³-hybridized carbons (Fsp3) is 0.727. The van der Waals surface area contributed by atoms with Crippen molar-refractivity contribution in [3.8, 4) is 0 Å². The largest absolute Gasteiger partial charge is 0.316 e. The normalized spacial score (nSPS) is 27.6. The van der Waals surface area contributed by atoms with Crippen LogP contribution in [0.1, 0.15) is 65.8 Å². The molecule has 24 heavy (non-hydrogen) atoms. The smallest absolute Gasteiger partial charge is 0.0102 e. The highest BCUT2D eigenvalue weighted by Crippen LogP contribution is 2.44. The summed E-state index contributed by atoms with van der Waals surface area (Å²) in [5.41, 5.74) is 8.36. The molecule has 4 rings (SSSR count). The average molecular weight is 327 g/mol. The van der Waals surface area contributed by atoms with Gasteiger partial charge in [0.15, 0.2) is 0 Å². The molecule has 1 N–H and O–H groups in total. The molecule has 1 atom stereocenters. The van der Waals surface area contributed by atoms with Crippen molar-refractivity contribution < 1.29 is 0 Å². The van der Waals surface area contributed by atoms with E-state index in [1.807, 2.05) is 0 Å². The average Bonchev–Trinajstić information content (AvgIpc) is 3.02. The molecule has 1 spiro atoms. The number of rotatable bonds is 2. The summed E-state index contributed by atoms with van der Waals surface area (Å²) in [6.45, 7) is 14.4. The molecule has 3 aliphatic rings. The number of nitrogens with zero attached hydrogens (tertiary/aromatic N) is 1. The minimum atomic E-state index is 0.684. The van der Waals surface area contributed by atoms with Crippen LogP contribution < -0.4 is 5.32 Å². The first kappa shape index (κ1) is 16.6. The maximum atomic E-state index is 3.50. The van der Waals surface area contributed by atoms with Crippen molar-refractivity contribution in [2.75, 3.05) is 26.2 Å². The molecule has 2 heterocycles. The van der Waals surface area contributed by atoms with Crippen LogP contribution >= 0.6 is 0 Å². The van der Waals surface area contributed by atoms with Gasteiger partial charge in [-0.15, -0.1) is 0 Å². The lowest BCUT2D eigenvalue weighted by atomic mass is 9.79. The lowest BCUT2D eigenvalue weighted by Crippen LogP contribution is -2.52. The third-order valence-corrected chi connectivity index (χ3v) is 7.68. The number of hydrogen-bond donors (Lipinski definition) is 1. The van der Waals surface area contributed by atoms with Gasteiger partial charge in [0.1, 0.15) is 0 Å². The zero-order valence-corrected chi connectivity index (χ0v) is 16.0. The molecule has 0 bridgehead atoms. The van der Waals surface area contributed by atoms with Crippen LogP contribution in [-0.4, -0.2) is 37.1 Å². The molecule has 2 heteroatoms. The third kappa shape index (κ3) is 2.72. The highest BCUT2D eigenvalue weighted by Gasteiger charge is 2.45. The van der Waals surface area contributed by atoms with E-state index in [-0.39, 0.29) is 0 Å². The summed E-state index contributed by atoms with van der Waals surface area (Å²) in [4.78, 5) is 2.83. The third-order valence-electron chi connectivity index (χ3n) is 7.68. The molecular formula is C22H34N2. The number of likely N-dealkylation sites (tertiary alicyclic amines) is 1. The number of nitrogens with one attached hydrogen (secondary N) is 1. The molecular weight excluding hydrogens is 292 g/mol. The first-order valence-corrected chi connectivity index (χ1v) is 10.0. The number of aryl methyl sites for hydroxylation is 1. The first-order valence-electron chi connectivity index (χ1n) is 10.0. The maximum absolute atomic E-state index is 3.50. The highest BCUT2D eigenvalue weighted by molar-refractivity contribution is 5.45. The van der Waals surface area contributed by atoms with Gasteiger partial charge in [0.05, 0.1) is 0 Å². The fourth-order valence-electron chi connectivity index (χ4n) is 5.53. The Morgan fingerprint density at radius 2 is 1.67 bits per heavy atom. The molecule has 1 aromatic rings. The van der Waals surface area contributed by atoms with Crippen molar-refractivity contribution in [1.29, 1.82) is 0 Å². The van der Waals surface area contributed by atoms with E-state index in [1.165, 1.54) is 75.0 Å². The standard InChI is InChI=1S/C22H34N2/c1-15-11-21(18(4)17(3)16(15)2)19-6-9-24(10-7-19)20-5-8-22(12-20)13-23-14-22/h11,19-20,23H,5-10,12-14H2,1-4H3/t20-/m1/s1. The zero-order valence-electron chi connectivity index (χ0n) is 16.0. The number of hydrogen-bond acceptors (Lipinski definition) is 2.